The van der Waals surface area contributed by atoms with Crippen molar-refractivity contribution in [3.63, 3.8) is 0 Å². The van der Waals surface area contributed by atoms with E-state index in [9.17, 15) is 9.59 Å². The molecule has 128 valence electrons. The molecule has 0 aromatic heterocycles. The van der Waals surface area contributed by atoms with Gasteiger partial charge in [0.05, 0.1) is 7.11 Å². The van der Waals surface area contributed by atoms with E-state index in [0.29, 0.717) is 11.3 Å². The van der Waals surface area contributed by atoms with E-state index in [-0.39, 0.29) is 13.0 Å². The number of benzene rings is 1. The van der Waals surface area contributed by atoms with Crippen molar-refractivity contribution in [2.45, 2.75) is 45.4 Å². The van der Waals surface area contributed by atoms with Gasteiger partial charge in [0.2, 0.25) is 0 Å². The normalized spacial score (nSPS) is 12.4. The first-order valence-corrected chi connectivity index (χ1v) is 7.23. The van der Waals surface area contributed by atoms with Crippen molar-refractivity contribution in [1.82, 2.24) is 5.32 Å². The highest BCUT2D eigenvalue weighted by Crippen LogP contribution is 2.21. The van der Waals surface area contributed by atoms with Crippen LogP contribution in [0.1, 0.15) is 31.9 Å². The van der Waals surface area contributed by atoms with Crippen LogP contribution in [-0.2, 0) is 22.5 Å². The van der Waals surface area contributed by atoms with Crippen molar-refractivity contribution in [3.8, 4) is 5.75 Å². The minimum atomic E-state index is -1.06. The number of nitrogens with one attached hydrogen (secondary N) is 1. The smallest absolute Gasteiger partial charge is 0.407 e. The SMILES string of the molecule is COc1ccc(CC(N)C(=O)O)cc1CNC(=O)OC(C)(C)C. The molecule has 23 heavy (non-hydrogen) atoms. The van der Waals surface area contributed by atoms with Crippen LogP contribution in [0.5, 0.6) is 5.75 Å². The summed E-state index contributed by atoms with van der Waals surface area (Å²) in [5, 5.41) is 11.5. The number of alkyl carbamates (subject to hydrolysis) is 1. The zero-order valence-corrected chi connectivity index (χ0v) is 13.9. The molecule has 1 aromatic carbocycles. The van der Waals surface area contributed by atoms with Crippen LogP contribution in [0.4, 0.5) is 4.79 Å². The predicted molar refractivity (Wildman–Crippen MR) is 85.4 cm³/mol. The van der Waals surface area contributed by atoms with Gasteiger partial charge in [0.1, 0.15) is 17.4 Å². The van der Waals surface area contributed by atoms with Gasteiger partial charge in [-0.1, -0.05) is 12.1 Å². The molecule has 0 aliphatic carbocycles. The Kier molecular flexibility index (Phi) is 6.38. The third-order valence-electron chi connectivity index (χ3n) is 2.94. The fraction of sp³-hybridized carbons (Fsp3) is 0.500. The van der Waals surface area contributed by atoms with Gasteiger partial charge in [-0.2, -0.15) is 0 Å². The van der Waals surface area contributed by atoms with E-state index in [1.807, 2.05) is 0 Å². The van der Waals surface area contributed by atoms with Crippen LogP contribution in [-0.4, -0.2) is 35.9 Å². The lowest BCUT2D eigenvalue weighted by Crippen LogP contribution is -2.33. The van der Waals surface area contributed by atoms with Gasteiger partial charge in [-0.15, -0.1) is 0 Å². The van der Waals surface area contributed by atoms with Crippen LogP contribution in [0.25, 0.3) is 0 Å². The summed E-state index contributed by atoms with van der Waals surface area (Å²) in [4.78, 5) is 22.5. The Labute approximate surface area is 135 Å². The number of carboxylic acids is 1. The van der Waals surface area contributed by atoms with Crippen molar-refractivity contribution < 1.29 is 24.2 Å². The van der Waals surface area contributed by atoms with E-state index in [4.69, 9.17) is 20.3 Å². The largest absolute Gasteiger partial charge is 0.496 e. The number of carbonyl (C=O) groups is 2. The van der Waals surface area contributed by atoms with Gasteiger partial charge in [-0.25, -0.2) is 4.79 Å². The number of hydrogen-bond acceptors (Lipinski definition) is 5. The van der Waals surface area contributed by atoms with Crippen molar-refractivity contribution >= 4 is 12.1 Å². The lowest BCUT2D eigenvalue weighted by Gasteiger charge is -2.20. The van der Waals surface area contributed by atoms with Crippen molar-refractivity contribution in [2.75, 3.05) is 7.11 Å². The number of aliphatic carboxylic acids is 1. The fourth-order valence-corrected chi connectivity index (χ4v) is 1.92. The molecule has 7 nitrogen and oxygen atoms in total. The van der Waals surface area contributed by atoms with Gasteiger partial charge >= 0.3 is 12.1 Å². The number of rotatable bonds is 6. The molecule has 1 unspecified atom stereocenters. The summed E-state index contributed by atoms with van der Waals surface area (Å²) in [7, 11) is 1.52. The van der Waals surface area contributed by atoms with E-state index >= 15 is 0 Å². The van der Waals surface area contributed by atoms with Crippen molar-refractivity contribution in [2.24, 2.45) is 5.73 Å². The Bertz CT molecular complexity index is 566. The molecule has 1 rings (SSSR count). The number of carbonyl (C=O) groups excluding carboxylic acids is 1. The van der Waals surface area contributed by atoms with Crippen LogP contribution in [0.3, 0.4) is 0 Å². The highest BCUT2D eigenvalue weighted by molar-refractivity contribution is 5.73. The quantitative estimate of drug-likeness (QED) is 0.734. The molecular weight excluding hydrogens is 300 g/mol. The molecule has 1 atom stereocenters. The molecule has 1 aromatic rings. The molecule has 0 fully saturated rings. The Morgan fingerprint density at radius 3 is 2.52 bits per heavy atom. The number of methoxy groups -OCH3 is 1. The summed E-state index contributed by atoms with van der Waals surface area (Å²) in [6.07, 6.45) is -0.342. The number of amides is 1. The molecule has 0 aliphatic rings. The maximum atomic E-state index is 11.7. The molecule has 4 N–H and O–H groups in total. The third kappa shape index (κ3) is 6.56. The summed E-state index contributed by atoms with van der Waals surface area (Å²) in [5.74, 6) is -0.469. The zero-order valence-electron chi connectivity index (χ0n) is 13.9. The summed E-state index contributed by atoms with van der Waals surface area (Å²) >= 11 is 0. The van der Waals surface area contributed by atoms with Gasteiger partial charge in [-0.05, 0) is 38.8 Å². The van der Waals surface area contributed by atoms with Crippen LogP contribution in [0, 0.1) is 0 Å². The lowest BCUT2D eigenvalue weighted by molar-refractivity contribution is -0.138. The molecular formula is C16H24N2O5. The van der Waals surface area contributed by atoms with E-state index in [2.05, 4.69) is 5.32 Å². The van der Waals surface area contributed by atoms with Crippen LogP contribution in [0.15, 0.2) is 18.2 Å². The molecule has 0 bridgehead atoms. The number of ether oxygens (including phenoxy) is 2. The standard InChI is InChI=1S/C16H24N2O5/c1-16(2,3)23-15(21)18-9-11-7-10(5-6-13(11)22-4)8-12(17)14(19)20/h5-7,12H,8-9,17H2,1-4H3,(H,18,21)(H,19,20). The fourth-order valence-electron chi connectivity index (χ4n) is 1.92. The maximum Gasteiger partial charge on any atom is 0.407 e. The first-order valence-electron chi connectivity index (χ1n) is 7.23. The Hall–Kier alpha value is -2.28. The number of nitrogens with two attached hydrogens (primary N) is 1. The van der Waals surface area contributed by atoms with Gasteiger partial charge in [0, 0.05) is 12.1 Å². The molecule has 0 spiro atoms. The van der Waals surface area contributed by atoms with Crippen LogP contribution < -0.4 is 15.8 Å². The molecule has 0 saturated carbocycles. The number of carboxylic acid groups (broad SMARTS) is 1. The lowest BCUT2D eigenvalue weighted by atomic mass is 10.0. The second-order valence-corrected chi connectivity index (χ2v) is 6.15. The minimum Gasteiger partial charge on any atom is -0.496 e. The van der Waals surface area contributed by atoms with Gasteiger partial charge in [0.15, 0.2) is 0 Å². The van der Waals surface area contributed by atoms with Crippen molar-refractivity contribution in [1.29, 1.82) is 0 Å². The van der Waals surface area contributed by atoms with Gasteiger partial charge in [-0.3, -0.25) is 4.79 Å². The highest BCUT2D eigenvalue weighted by Gasteiger charge is 2.17. The van der Waals surface area contributed by atoms with Gasteiger partial charge in [0.25, 0.3) is 0 Å². The average Bonchev–Trinajstić information content (AvgIpc) is 2.43. The van der Waals surface area contributed by atoms with Crippen LogP contribution in [0.2, 0.25) is 0 Å². The van der Waals surface area contributed by atoms with Crippen molar-refractivity contribution in [3.05, 3.63) is 29.3 Å². The second kappa shape index (κ2) is 7.82. The predicted octanol–water partition coefficient (Wildman–Crippen LogP) is 1.67. The topological polar surface area (TPSA) is 111 Å². The first-order chi connectivity index (χ1) is 10.6. The monoisotopic (exact) mass is 324 g/mol. The molecule has 0 aliphatic heterocycles. The highest BCUT2D eigenvalue weighted by atomic mass is 16.6. The van der Waals surface area contributed by atoms with E-state index < -0.39 is 23.7 Å². The zero-order chi connectivity index (χ0) is 17.6. The summed E-state index contributed by atoms with van der Waals surface area (Å²) in [5.41, 5.74) is 6.43. The summed E-state index contributed by atoms with van der Waals surface area (Å²) in [6.45, 7) is 5.54. The van der Waals surface area contributed by atoms with E-state index in [1.54, 1.807) is 39.0 Å². The van der Waals surface area contributed by atoms with Crippen LogP contribution >= 0.6 is 0 Å². The minimum absolute atomic E-state index is 0.193. The summed E-state index contributed by atoms with van der Waals surface area (Å²) < 4.78 is 10.4. The van der Waals surface area contributed by atoms with Gasteiger partial charge < -0.3 is 25.6 Å². The molecule has 0 radical (unpaired) electrons. The maximum absolute atomic E-state index is 11.7. The summed E-state index contributed by atoms with van der Waals surface area (Å²) in [6, 6.07) is 4.25. The molecule has 0 saturated heterocycles. The molecule has 7 heteroatoms. The second-order valence-electron chi connectivity index (χ2n) is 6.15. The molecule has 0 heterocycles. The Balaban J connectivity index is 2.79. The Morgan fingerprint density at radius 2 is 2.00 bits per heavy atom. The first kappa shape index (κ1) is 18.8. The Morgan fingerprint density at radius 1 is 1.35 bits per heavy atom. The molecule has 1 amide bonds. The van der Waals surface area contributed by atoms with E-state index in [0.717, 1.165) is 5.56 Å². The average molecular weight is 324 g/mol. The number of hydrogen-bond donors (Lipinski definition) is 3. The van der Waals surface area contributed by atoms with E-state index in [1.165, 1.54) is 7.11 Å². The third-order valence-corrected chi connectivity index (χ3v) is 2.94.